The summed E-state index contributed by atoms with van der Waals surface area (Å²) in [6.45, 7) is -0.171. The molecule has 0 bridgehead atoms. The second-order valence-electron chi connectivity index (χ2n) is 4.44. The summed E-state index contributed by atoms with van der Waals surface area (Å²) >= 11 is 0. The molecule has 112 valence electrons. The fraction of sp³-hybridized carbons (Fsp3) is 0.0625. The minimum absolute atomic E-state index is 0.171. The fourth-order valence-corrected chi connectivity index (χ4v) is 1.67. The van der Waals surface area contributed by atoms with E-state index in [1.54, 1.807) is 42.6 Å². The van der Waals surface area contributed by atoms with Crippen molar-refractivity contribution in [3.05, 3.63) is 59.7 Å². The molecular formula is C16H14N2O4. The highest BCUT2D eigenvalue weighted by atomic mass is 16.5. The van der Waals surface area contributed by atoms with Crippen molar-refractivity contribution in [3.63, 3.8) is 0 Å². The Morgan fingerprint density at radius 2 is 1.91 bits per heavy atom. The molecule has 0 aromatic heterocycles. The third-order valence-corrected chi connectivity index (χ3v) is 2.72. The van der Waals surface area contributed by atoms with E-state index in [0.717, 1.165) is 5.56 Å². The van der Waals surface area contributed by atoms with Crippen molar-refractivity contribution in [1.82, 2.24) is 0 Å². The minimum atomic E-state index is -0.993. The Labute approximate surface area is 126 Å². The number of hydrogen-bond acceptors (Lipinski definition) is 4. The molecule has 2 aromatic carbocycles. The molecule has 0 saturated carbocycles. The highest BCUT2D eigenvalue weighted by molar-refractivity contribution is 5.89. The normalized spacial score (nSPS) is 10.5. The lowest BCUT2D eigenvalue weighted by atomic mass is 10.2. The lowest BCUT2D eigenvalue weighted by Gasteiger charge is -2.03. The van der Waals surface area contributed by atoms with Gasteiger partial charge in [-0.2, -0.15) is 0 Å². The molecule has 3 N–H and O–H groups in total. The standard InChI is InChI=1S/C16H14N2O4/c17-15(19)10-22-14-6-4-11(5-7-14)9-18-13-3-1-2-12(8-13)16(20)21/h1-9H,10H2,(H2,17,19)(H,20,21). The number of hydrogen-bond donors (Lipinski definition) is 2. The lowest BCUT2D eigenvalue weighted by molar-refractivity contribution is -0.119. The first kappa shape index (κ1) is 15.2. The number of carboxylic acids is 1. The van der Waals surface area contributed by atoms with Crippen LogP contribution >= 0.6 is 0 Å². The van der Waals surface area contributed by atoms with E-state index in [-0.39, 0.29) is 12.2 Å². The van der Waals surface area contributed by atoms with Gasteiger partial charge in [0.1, 0.15) is 5.75 Å². The maximum atomic E-state index is 10.9. The summed E-state index contributed by atoms with van der Waals surface area (Å²) in [5, 5.41) is 8.92. The Hall–Kier alpha value is -3.15. The number of carbonyl (C=O) groups is 2. The molecule has 2 aromatic rings. The molecule has 0 unspecified atom stereocenters. The third-order valence-electron chi connectivity index (χ3n) is 2.72. The Bertz CT molecular complexity index is 708. The van der Waals surface area contributed by atoms with Crippen LogP contribution in [-0.4, -0.2) is 29.8 Å². The quantitative estimate of drug-likeness (QED) is 0.796. The molecule has 6 nitrogen and oxygen atoms in total. The predicted molar refractivity (Wildman–Crippen MR) is 81.8 cm³/mol. The topological polar surface area (TPSA) is 102 Å². The van der Waals surface area contributed by atoms with Crippen molar-refractivity contribution in [2.75, 3.05) is 6.61 Å². The number of aliphatic imine (C=N–C) groups is 1. The van der Waals surface area contributed by atoms with E-state index in [2.05, 4.69) is 4.99 Å². The van der Waals surface area contributed by atoms with Gasteiger partial charge in [0.2, 0.25) is 0 Å². The molecule has 0 heterocycles. The summed E-state index contributed by atoms with van der Waals surface area (Å²) in [6, 6.07) is 13.3. The largest absolute Gasteiger partial charge is 0.484 e. The Balaban J connectivity index is 2.05. The molecule has 0 saturated heterocycles. The average Bonchev–Trinajstić information content (AvgIpc) is 2.52. The van der Waals surface area contributed by atoms with Crippen LogP contribution in [-0.2, 0) is 4.79 Å². The summed E-state index contributed by atoms with van der Waals surface area (Å²) < 4.78 is 5.14. The van der Waals surface area contributed by atoms with E-state index in [1.165, 1.54) is 12.1 Å². The number of amides is 1. The number of ether oxygens (including phenoxy) is 1. The maximum Gasteiger partial charge on any atom is 0.335 e. The van der Waals surface area contributed by atoms with Gasteiger partial charge < -0.3 is 15.6 Å². The summed E-state index contributed by atoms with van der Waals surface area (Å²) in [4.78, 5) is 25.7. The van der Waals surface area contributed by atoms with Crippen molar-refractivity contribution < 1.29 is 19.4 Å². The van der Waals surface area contributed by atoms with Gasteiger partial charge >= 0.3 is 5.97 Å². The predicted octanol–water partition coefficient (Wildman–Crippen LogP) is 2.00. The van der Waals surface area contributed by atoms with E-state index in [9.17, 15) is 9.59 Å². The van der Waals surface area contributed by atoms with Crippen LogP contribution in [0.2, 0.25) is 0 Å². The van der Waals surface area contributed by atoms with Crippen LogP contribution < -0.4 is 10.5 Å². The SMILES string of the molecule is NC(=O)COc1ccc(C=Nc2cccc(C(=O)O)c2)cc1. The van der Waals surface area contributed by atoms with Crippen LogP contribution in [0, 0.1) is 0 Å². The van der Waals surface area contributed by atoms with Gasteiger partial charge in [0.15, 0.2) is 6.61 Å². The molecule has 22 heavy (non-hydrogen) atoms. The second kappa shape index (κ2) is 7.03. The van der Waals surface area contributed by atoms with Crippen molar-refractivity contribution >= 4 is 23.8 Å². The third kappa shape index (κ3) is 4.45. The zero-order valence-electron chi connectivity index (χ0n) is 11.6. The van der Waals surface area contributed by atoms with Gasteiger partial charge in [-0.25, -0.2) is 4.79 Å². The summed E-state index contributed by atoms with van der Waals surface area (Å²) in [5.41, 5.74) is 6.54. The fourth-order valence-electron chi connectivity index (χ4n) is 1.67. The van der Waals surface area contributed by atoms with Gasteiger partial charge in [0.25, 0.3) is 5.91 Å². The molecule has 0 fully saturated rings. The van der Waals surface area contributed by atoms with Crippen LogP contribution in [0.3, 0.4) is 0 Å². The van der Waals surface area contributed by atoms with Gasteiger partial charge in [-0.05, 0) is 48.0 Å². The number of carbonyl (C=O) groups excluding carboxylic acids is 1. The van der Waals surface area contributed by atoms with Gasteiger partial charge in [-0.1, -0.05) is 6.07 Å². The highest BCUT2D eigenvalue weighted by Crippen LogP contribution is 2.15. The highest BCUT2D eigenvalue weighted by Gasteiger charge is 2.02. The zero-order chi connectivity index (χ0) is 15.9. The van der Waals surface area contributed by atoms with Crippen LogP contribution in [0.5, 0.6) is 5.75 Å². The van der Waals surface area contributed by atoms with E-state index < -0.39 is 11.9 Å². The van der Waals surface area contributed by atoms with E-state index in [1.807, 2.05) is 0 Å². The molecular weight excluding hydrogens is 284 g/mol. The van der Waals surface area contributed by atoms with Gasteiger partial charge in [-0.3, -0.25) is 9.79 Å². The van der Waals surface area contributed by atoms with Gasteiger partial charge in [0, 0.05) is 6.21 Å². The molecule has 0 radical (unpaired) electrons. The minimum Gasteiger partial charge on any atom is -0.484 e. The molecule has 0 aliphatic heterocycles. The monoisotopic (exact) mass is 298 g/mol. The summed E-state index contributed by atoms with van der Waals surface area (Å²) in [5.74, 6) is -0.999. The van der Waals surface area contributed by atoms with Gasteiger partial charge in [-0.15, -0.1) is 0 Å². The smallest absolute Gasteiger partial charge is 0.335 e. The second-order valence-corrected chi connectivity index (χ2v) is 4.44. The number of carboxylic acid groups (broad SMARTS) is 1. The first-order valence-electron chi connectivity index (χ1n) is 6.43. The molecule has 0 aliphatic carbocycles. The molecule has 2 rings (SSSR count). The van der Waals surface area contributed by atoms with E-state index >= 15 is 0 Å². The Kier molecular flexibility index (Phi) is 4.87. The van der Waals surface area contributed by atoms with Crippen LogP contribution in [0.4, 0.5) is 5.69 Å². The lowest BCUT2D eigenvalue weighted by Crippen LogP contribution is -2.19. The zero-order valence-corrected chi connectivity index (χ0v) is 11.6. The number of primary amides is 1. The number of rotatable bonds is 6. The van der Waals surface area contributed by atoms with Crippen molar-refractivity contribution in [2.24, 2.45) is 10.7 Å². The van der Waals surface area contributed by atoms with Crippen LogP contribution in [0.25, 0.3) is 0 Å². The van der Waals surface area contributed by atoms with E-state index in [0.29, 0.717) is 11.4 Å². The summed E-state index contributed by atoms with van der Waals surface area (Å²) in [6.07, 6.45) is 1.61. The molecule has 0 spiro atoms. The van der Waals surface area contributed by atoms with E-state index in [4.69, 9.17) is 15.6 Å². The average molecular weight is 298 g/mol. The number of aromatic carboxylic acids is 1. The van der Waals surface area contributed by atoms with Crippen LogP contribution in [0.15, 0.2) is 53.5 Å². The molecule has 0 aliphatic rings. The van der Waals surface area contributed by atoms with Crippen molar-refractivity contribution in [2.45, 2.75) is 0 Å². The molecule has 6 heteroatoms. The Morgan fingerprint density at radius 1 is 1.18 bits per heavy atom. The molecule has 1 amide bonds. The van der Waals surface area contributed by atoms with Gasteiger partial charge in [0.05, 0.1) is 11.3 Å². The maximum absolute atomic E-state index is 10.9. The Morgan fingerprint density at radius 3 is 2.55 bits per heavy atom. The number of nitrogens with two attached hydrogens (primary N) is 1. The van der Waals surface area contributed by atoms with Crippen molar-refractivity contribution in [3.8, 4) is 5.75 Å². The first-order chi connectivity index (χ1) is 10.5. The number of benzene rings is 2. The molecule has 0 atom stereocenters. The first-order valence-corrected chi connectivity index (χ1v) is 6.43. The summed E-state index contributed by atoms with van der Waals surface area (Å²) in [7, 11) is 0. The number of nitrogens with zero attached hydrogens (tertiary/aromatic N) is 1. The van der Waals surface area contributed by atoms with Crippen LogP contribution in [0.1, 0.15) is 15.9 Å². The van der Waals surface area contributed by atoms with Crippen molar-refractivity contribution in [1.29, 1.82) is 0 Å².